The number of aliphatic hydroxyl groups excluding tert-OH is 1. The highest BCUT2D eigenvalue weighted by molar-refractivity contribution is 6.46. The van der Waals surface area contributed by atoms with Gasteiger partial charge in [0.2, 0.25) is 0 Å². The zero-order valence-corrected chi connectivity index (χ0v) is 20.4. The maximum atomic E-state index is 13.2. The van der Waals surface area contributed by atoms with Gasteiger partial charge in [0.15, 0.2) is 11.5 Å². The maximum absolute atomic E-state index is 13.2. The molecule has 8 nitrogen and oxygen atoms in total. The molecule has 2 aromatic carbocycles. The molecule has 1 fully saturated rings. The first-order valence-electron chi connectivity index (χ1n) is 11.0. The first kappa shape index (κ1) is 25.1. The van der Waals surface area contributed by atoms with Crippen molar-refractivity contribution in [3.8, 4) is 17.2 Å². The van der Waals surface area contributed by atoms with Crippen LogP contribution in [0.3, 0.4) is 0 Å². The minimum Gasteiger partial charge on any atom is -0.507 e. The van der Waals surface area contributed by atoms with Gasteiger partial charge in [-0.3, -0.25) is 9.59 Å². The summed E-state index contributed by atoms with van der Waals surface area (Å²) < 4.78 is 21.6. The lowest BCUT2D eigenvalue weighted by atomic mass is 9.93. The standard InChI is InChI=1S/C26H31NO7/c1-7-34-21-14-17(8-9-19(21)32-5)23-22(25(29)26(30)27(23)10-11-31-4)24(28)18-12-16(3)20(33-6)13-15(18)2/h8-9,12-14,23,28H,7,10-11H2,1-6H3/b24-22+. The summed E-state index contributed by atoms with van der Waals surface area (Å²) in [7, 11) is 4.63. The molecule has 2 aromatic rings. The zero-order valence-electron chi connectivity index (χ0n) is 20.4. The predicted molar refractivity (Wildman–Crippen MR) is 128 cm³/mol. The van der Waals surface area contributed by atoms with Crippen molar-refractivity contribution < 1.29 is 33.6 Å². The third-order valence-electron chi connectivity index (χ3n) is 5.88. The summed E-state index contributed by atoms with van der Waals surface area (Å²) in [6.45, 7) is 6.34. The molecule has 0 radical (unpaired) electrons. The summed E-state index contributed by atoms with van der Waals surface area (Å²) in [6.07, 6.45) is 0. The highest BCUT2D eigenvalue weighted by Gasteiger charge is 2.46. The van der Waals surface area contributed by atoms with Crippen molar-refractivity contribution in [3.63, 3.8) is 0 Å². The Bertz CT molecular complexity index is 1120. The van der Waals surface area contributed by atoms with E-state index in [-0.39, 0.29) is 24.5 Å². The van der Waals surface area contributed by atoms with Gasteiger partial charge in [-0.1, -0.05) is 6.07 Å². The average molecular weight is 470 g/mol. The van der Waals surface area contributed by atoms with Crippen molar-refractivity contribution in [1.82, 2.24) is 4.90 Å². The molecule has 3 rings (SSSR count). The normalized spacial score (nSPS) is 17.2. The van der Waals surface area contributed by atoms with Gasteiger partial charge in [-0.25, -0.2) is 0 Å². The SMILES string of the molecule is CCOc1cc(C2/C(=C(\O)c3cc(C)c(OC)cc3C)C(=O)C(=O)N2CCOC)ccc1OC. The number of hydrogen-bond donors (Lipinski definition) is 1. The third-order valence-corrected chi connectivity index (χ3v) is 5.88. The Kier molecular flexibility index (Phi) is 7.83. The van der Waals surface area contributed by atoms with Crippen LogP contribution in [-0.4, -0.2) is 62.8 Å². The lowest BCUT2D eigenvalue weighted by Crippen LogP contribution is -2.32. The summed E-state index contributed by atoms with van der Waals surface area (Å²) in [6, 6.07) is 7.94. The molecular weight excluding hydrogens is 438 g/mol. The number of rotatable bonds is 9. The van der Waals surface area contributed by atoms with Crippen LogP contribution in [0.15, 0.2) is 35.9 Å². The number of likely N-dealkylation sites (tertiary alicyclic amines) is 1. The molecule has 34 heavy (non-hydrogen) atoms. The van der Waals surface area contributed by atoms with Crippen molar-refractivity contribution in [3.05, 3.63) is 58.2 Å². The molecule has 1 unspecified atom stereocenters. The molecule has 0 bridgehead atoms. The van der Waals surface area contributed by atoms with Gasteiger partial charge < -0.3 is 29.0 Å². The number of carbonyl (C=O) groups excluding carboxylic acids is 2. The second kappa shape index (κ2) is 10.6. The quantitative estimate of drug-likeness (QED) is 0.339. The van der Waals surface area contributed by atoms with Crippen molar-refractivity contribution in [1.29, 1.82) is 0 Å². The number of ether oxygens (including phenoxy) is 4. The second-order valence-corrected chi connectivity index (χ2v) is 7.97. The number of aryl methyl sites for hydroxylation is 2. The fourth-order valence-corrected chi connectivity index (χ4v) is 4.19. The van der Waals surface area contributed by atoms with E-state index in [4.69, 9.17) is 18.9 Å². The van der Waals surface area contributed by atoms with Gasteiger partial charge in [0.1, 0.15) is 11.5 Å². The Balaban J connectivity index is 2.24. The summed E-state index contributed by atoms with van der Waals surface area (Å²) >= 11 is 0. The molecule has 1 aliphatic heterocycles. The van der Waals surface area contributed by atoms with Crippen LogP contribution < -0.4 is 14.2 Å². The van der Waals surface area contributed by atoms with Gasteiger partial charge in [0, 0.05) is 19.2 Å². The van der Waals surface area contributed by atoms with Crippen LogP contribution in [0.5, 0.6) is 17.2 Å². The molecule has 182 valence electrons. The van der Waals surface area contributed by atoms with Gasteiger partial charge in [-0.2, -0.15) is 0 Å². The van der Waals surface area contributed by atoms with Crippen LogP contribution in [0, 0.1) is 13.8 Å². The number of benzene rings is 2. The molecule has 0 aliphatic carbocycles. The van der Waals surface area contributed by atoms with E-state index >= 15 is 0 Å². The second-order valence-electron chi connectivity index (χ2n) is 7.97. The first-order valence-corrected chi connectivity index (χ1v) is 11.0. The van der Waals surface area contributed by atoms with Crippen LogP contribution >= 0.6 is 0 Å². The smallest absolute Gasteiger partial charge is 0.295 e. The number of aliphatic hydroxyl groups is 1. The largest absolute Gasteiger partial charge is 0.507 e. The molecule has 0 spiro atoms. The van der Waals surface area contributed by atoms with Gasteiger partial charge in [-0.05, 0) is 61.7 Å². The zero-order chi connectivity index (χ0) is 25.0. The fourth-order valence-electron chi connectivity index (χ4n) is 4.19. The molecule has 0 aromatic heterocycles. The van der Waals surface area contributed by atoms with E-state index in [9.17, 15) is 14.7 Å². The van der Waals surface area contributed by atoms with E-state index in [1.165, 1.54) is 19.1 Å². The number of nitrogens with zero attached hydrogens (tertiary/aromatic N) is 1. The predicted octanol–water partition coefficient (Wildman–Crippen LogP) is 3.79. The number of amides is 1. The van der Waals surface area contributed by atoms with E-state index in [0.29, 0.717) is 40.5 Å². The van der Waals surface area contributed by atoms with E-state index in [1.54, 1.807) is 37.4 Å². The van der Waals surface area contributed by atoms with Gasteiger partial charge in [0.05, 0.1) is 39.0 Å². The molecule has 1 saturated heterocycles. The summed E-state index contributed by atoms with van der Waals surface area (Å²) in [5.74, 6) is 0.000777. The van der Waals surface area contributed by atoms with E-state index < -0.39 is 17.7 Å². The summed E-state index contributed by atoms with van der Waals surface area (Å²) in [5, 5.41) is 11.4. The van der Waals surface area contributed by atoms with Crippen molar-refractivity contribution in [2.45, 2.75) is 26.8 Å². The minimum absolute atomic E-state index is 0.0152. The Morgan fingerprint density at radius 2 is 1.68 bits per heavy atom. The van der Waals surface area contributed by atoms with E-state index in [2.05, 4.69) is 0 Å². The summed E-state index contributed by atoms with van der Waals surface area (Å²) in [5.41, 5.74) is 2.60. The molecular formula is C26H31NO7. The molecule has 1 atom stereocenters. The highest BCUT2D eigenvalue weighted by atomic mass is 16.5. The van der Waals surface area contributed by atoms with Crippen LogP contribution in [-0.2, 0) is 14.3 Å². The summed E-state index contributed by atoms with van der Waals surface area (Å²) in [4.78, 5) is 27.6. The molecule has 1 amide bonds. The van der Waals surface area contributed by atoms with Gasteiger partial charge in [0.25, 0.3) is 11.7 Å². The molecule has 1 N–H and O–H groups in total. The molecule has 1 aliphatic rings. The first-order chi connectivity index (χ1) is 16.3. The van der Waals surface area contributed by atoms with Crippen molar-refractivity contribution in [2.24, 2.45) is 0 Å². The van der Waals surface area contributed by atoms with Gasteiger partial charge in [-0.15, -0.1) is 0 Å². The Labute approximate surface area is 199 Å². The average Bonchev–Trinajstić information content (AvgIpc) is 3.08. The Morgan fingerprint density at radius 3 is 2.29 bits per heavy atom. The van der Waals surface area contributed by atoms with Gasteiger partial charge >= 0.3 is 0 Å². The van der Waals surface area contributed by atoms with Crippen molar-refractivity contribution >= 4 is 17.4 Å². The third kappa shape index (κ3) is 4.59. The van der Waals surface area contributed by atoms with Crippen LogP contribution in [0.1, 0.15) is 35.2 Å². The monoisotopic (exact) mass is 469 g/mol. The Hall–Kier alpha value is -3.52. The number of ketones is 1. The lowest BCUT2D eigenvalue weighted by Gasteiger charge is -2.26. The molecule has 0 saturated carbocycles. The fraction of sp³-hybridized carbons (Fsp3) is 0.385. The van der Waals surface area contributed by atoms with Crippen LogP contribution in [0.4, 0.5) is 0 Å². The number of carbonyl (C=O) groups is 2. The van der Waals surface area contributed by atoms with Crippen LogP contribution in [0.25, 0.3) is 5.76 Å². The molecule has 1 heterocycles. The van der Waals surface area contributed by atoms with E-state index in [0.717, 1.165) is 5.56 Å². The minimum atomic E-state index is -0.818. The highest BCUT2D eigenvalue weighted by Crippen LogP contribution is 2.42. The van der Waals surface area contributed by atoms with Crippen LogP contribution in [0.2, 0.25) is 0 Å². The number of methoxy groups -OCH3 is 3. The Morgan fingerprint density at radius 1 is 0.971 bits per heavy atom. The number of hydrogen-bond acceptors (Lipinski definition) is 7. The lowest BCUT2D eigenvalue weighted by molar-refractivity contribution is -0.140. The number of Topliss-reactive ketones (excluding diaryl/α,β-unsaturated/α-hetero) is 1. The van der Waals surface area contributed by atoms with E-state index in [1.807, 2.05) is 20.8 Å². The topological polar surface area (TPSA) is 94.5 Å². The maximum Gasteiger partial charge on any atom is 0.295 e. The van der Waals surface area contributed by atoms with Crippen molar-refractivity contribution in [2.75, 3.05) is 41.1 Å². The molecule has 8 heteroatoms.